The van der Waals surface area contributed by atoms with E-state index in [4.69, 9.17) is 4.74 Å². The molecule has 0 amide bonds. The van der Waals surface area contributed by atoms with Crippen LogP contribution in [0, 0.1) is 28.6 Å². The lowest BCUT2D eigenvalue weighted by atomic mass is 9.53. The summed E-state index contributed by atoms with van der Waals surface area (Å²) in [5.74, 6) is 2.66. The molecule has 3 unspecified atom stereocenters. The van der Waals surface area contributed by atoms with Crippen LogP contribution < -0.4 is 0 Å². The zero-order chi connectivity index (χ0) is 21.2. The first kappa shape index (κ1) is 23.1. The molecule has 3 saturated carbocycles. The van der Waals surface area contributed by atoms with Crippen LogP contribution in [0.5, 0.6) is 0 Å². The Morgan fingerprint density at radius 1 is 1.24 bits per heavy atom. The highest BCUT2D eigenvalue weighted by atomic mass is 32.2. The summed E-state index contributed by atoms with van der Waals surface area (Å²) < 4.78 is 6.16. The van der Waals surface area contributed by atoms with Crippen LogP contribution >= 0.6 is 11.8 Å². The van der Waals surface area contributed by atoms with E-state index in [0.717, 1.165) is 50.8 Å². The molecule has 0 N–H and O–H groups in total. The van der Waals surface area contributed by atoms with Gasteiger partial charge in [0.25, 0.3) is 0 Å². The molecule has 0 aromatic heterocycles. The van der Waals surface area contributed by atoms with Gasteiger partial charge in [0.05, 0.1) is 5.75 Å². The number of esters is 1. The molecule has 3 fully saturated rings. The second-order valence-corrected chi connectivity index (χ2v) is 12.0. The minimum atomic E-state index is -0.102. The number of ketones is 1. The van der Waals surface area contributed by atoms with E-state index >= 15 is 0 Å². The molecule has 3 aliphatic carbocycles. The quantitative estimate of drug-likeness (QED) is 0.435. The van der Waals surface area contributed by atoms with Crippen LogP contribution in [0.1, 0.15) is 72.1 Å². The standard InChI is InChI=1S/C24H41NO3S/c1-17-14-24-10-6-8-18(22(24)19(26)9-11-24)20(15-23(17,2)3)28-21(27)16-29-13-7-12-25(4)5/h17-18,20,22H,6-16H2,1-5H3/t17-,18?,20+,22?,24?/m0/s1. The number of carbonyl (C=O) groups is 2. The van der Waals surface area contributed by atoms with Gasteiger partial charge in [-0.2, -0.15) is 11.8 Å². The summed E-state index contributed by atoms with van der Waals surface area (Å²) in [4.78, 5) is 27.8. The molecule has 166 valence electrons. The average molecular weight is 424 g/mol. The average Bonchev–Trinajstić information content (AvgIpc) is 2.96. The smallest absolute Gasteiger partial charge is 0.316 e. The van der Waals surface area contributed by atoms with Crippen molar-refractivity contribution in [3.05, 3.63) is 0 Å². The summed E-state index contributed by atoms with van der Waals surface area (Å²) in [6.45, 7) is 8.06. The van der Waals surface area contributed by atoms with Crippen molar-refractivity contribution in [1.29, 1.82) is 0 Å². The third-order valence-electron chi connectivity index (χ3n) is 8.16. The zero-order valence-electron chi connectivity index (χ0n) is 19.2. The molecule has 0 aromatic carbocycles. The predicted octanol–water partition coefficient (Wildman–Crippen LogP) is 4.80. The van der Waals surface area contributed by atoms with Gasteiger partial charge in [-0.25, -0.2) is 0 Å². The molecule has 29 heavy (non-hydrogen) atoms. The maximum atomic E-state index is 12.9. The van der Waals surface area contributed by atoms with E-state index in [0.29, 0.717) is 17.5 Å². The Morgan fingerprint density at radius 2 is 2.00 bits per heavy atom. The summed E-state index contributed by atoms with van der Waals surface area (Å²) in [5.41, 5.74) is 0.297. The molecular weight excluding hydrogens is 382 g/mol. The summed E-state index contributed by atoms with van der Waals surface area (Å²) in [6, 6.07) is 0. The van der Waals surface area contributed by atoms with Crippen LogP contribution in [-0.2, 0) is 14.3 Å². The molecule has 2 bridgehead atoms. The zero-order valence-corrected chi connectivity index (χ0v) is 20.0. The Labute approximate surface area is 181 Å². The number of ether oxygens (including phenoxy) is 1. The summed E-state index contributed by atoms with van der Waals surface area (Å²) in [6.07, 6.45) is 8.21. The second-order valence-electron chi connectivity index (χ2n) is 10.9. The van der Waals surface area contributed by atoms with Crippen molar-refractivity contribution in [2.24, 2.45) is 28.6 Å². The van der Waals surface area contributed by atoms with E-state index in [9.17, 15) is 9.59 Å². The Hall–Kier alpha value is -0.550. The monoisotopic (exact) mass is 423 g/mol. The van der Waals surface area contributed by atoms with E-state index in [2.05, 4.69) is 39.8 Å². The first-order valence-electron chi connectivity index (χ1n) is 11.6. The summed E-state index contributed by atoms with van der Waals surface area (Å²) >= 11 is 1.68. The van der Waals surface area contributed by atoms with Crippen LogP contribution in [-0.4, -0.2) is 54.9 Å². The fourth-order valence-electron chi connectivity index (χ4n) is 6.31. The minimum Gasteiger partial charge on any atom is -0.461 e. The Morgan fingerprint density at radius 3 is 2.72 bits per heavy atom. The number of Topliss-reactive ketones (excluding diaryl/α,β-unsaturated/α-hetero) is 1. The van der Waals surface area contributed by atoms with Crippen LogP contribution in [0.4, 0.5) is 0 Å². The fourth-order valence-corrected chi connectivity index (χ4v) is 7.03. The van der Waals surface area contributed by atoms with Crippen molar-refractivity contribution in [3.63, 3.8) is 0 Å². The number of hydrogen-bond acceptors (Lipinski definition) is 5. The summed E-state index contributed by atoms with van der Waals surface area (Å²) in [5, 5.41) is 0. The highest BCUT2D eigenvalue weighted by Gasteiger charge is 2.58. The van der Waals surface area contributed by atoms with Crippen LogP contribution in [0.25, 0.3) is 0 Å². The van der Waals surface area contributed by atoms with Crippen molar-refractivity contribution in [1.82, 2.24) is 4.90 Å². The molecule has 0 aliphatic heterocycles. The topological polar surface area (TPSA) is 46.6 Å². The molecule has 3 rings (SSSR count). The van der Waals surface area contributed by atoms with Crippen LogP contribution in [0.2, 0.25) is 0 Å². The van der Waals surface area contributed by atoms with Crippen molar-refractivity contribution >= 4 is 23.5 Å². The number of rotatable bonds is 7. The van der Waals surface area contributed by atoms with Gasteiger partial charge in [0, 0.05) is 18.3 Å². The van der Waals surface area contributed by atoms with E-state index in [1.165, 1.54) is 12.8 Å². The minimum absolute atomic E-state index is 0.0875. The largest absolute Gasteiger partial charge is 0.461 e. The molecule has 0 radical (unpaired) electrons. The molecule has 0 heterocycles. The Bertz CT molecular complexity index is 605. The van der Waals surface area contributed by atoms with Gasteiger partial charge >= 0.3 is 5.97 Å². The van der Waals surface area contributed by atoms with Crippen molar-refractivity contribution in [2.75, 3.05) is 32.1 Å². The van der Waals surface area contributed by atoms with Crippen LogP contribution in [0.3, 0.4) is 0 Å². The van der Waals surface area contributed by atoms with Gasteiger partial charge in [0.15, 0.2) is 0 Å². The molecule has 0 aromatic rings. The highest BCUT2D eigenvalue weighted by molar-refractivity contribution is 7.99. The van der Waals surface area contributed by atoms with E-state index in [-0.39, 0.29) is 34.7 Å². The molecule has 5 heteroatoms. The molecule has 0 spiro atoms. The fraction of sp³-hybridized carbons (Fsp3) is 0.917. The normalized spacial score (nSPS) is 36.4. The van der Waals surface area contributed by atoms with Gasteiger partial charge in [-0.3, -0.25) is 9.59 Å². The van der Waals surface area contributed by atoms with Gasteiger partial charge in [-0.1, -0.05) is 27.2 Å². The lowest BCUT2D eigenvalue weighted by Crippen LogP contribution is -2.50. The maximum Gasteiger partial charge on any atom is 0.316 e. The molecule has 5 atom stereocenters. The molecule has 0 saturated heterocycles. The second kappa shape index (κ2) is 9.30. The van der Waals surface area contributed by atoms with Crippen molar-refractivity contribution in [3.8, 4) is 0 Å². The SMILES string of the molecule is C[C@H]1CC23CCCC(C2C(=O)CC3)[C@H](OC(=O)CSCCCN(C)C)CC1(C)C. The number of carbonyl (C=O) groups excluding carboxylic acids is 2. The van der Waals surface area contributed by atoms with E-state index in [1.54, 1.807) is 11.8 Å². The Kier molecular flexibility index (Phi) is 7.41. The number of hydrogen-bond donors (Lipinski definition) is 0. The third kappa shape index (κ3) is 5.20. The summed E-state index contributed by atoms with van der Waals surface area (Å²) in [7, 11) is 4.15. The van der Waals surface area contributed by atoms with Gasteiger partial charge in [0.2, 0.25) is 0 Å². The van der Waals surface area contributed by atoms with Gasteiger partial charge in [-0.15, -0.1) is 0 Å². The molecule has 3 aliphatic rings. The Balaban J connectivity index is 1.69. The molecular formula is C24H41NO3S. The number of thioether (sulfide) groups is 1. The van der Waals surface area contributed by atoms with E-state index in [1.807, 2.05) is 0 Å². The predicted molar refractivity (Wildman–Crippen MR) is 120 cm³/mol. The van der Waals surface area contributed by atoms with Crippen molar-refractivity contribution < 1.29 is 14.3 Å². The maximum absolute atomic E-state index is 12.9. The third-order valence-corrected chi connectivity index (χ3v) is 9.18. The first-order valence-corrected chi connectivity index (χ1v) is 12.7. The number of nitrogens with zero attached hydrogens (tertiary/aromatic N) is 1. The van der Waals surface area contributed by atoms with Gasteiger partial charge < -0.3 is 9.64 Å². The first-order chi connectivity index (χ1) is 13.6. The highest BCUT2D eigenvalue weighted by Crippen LogP contribution is 2.61. The van der Waals surface area contributed by atoms with Gasteiger partial charge in [-0.05, 0) is 81.7 Å². The lowest BCUT2D eigenvalue weighted by molar-refractivity contribution is -0.162. The van der Waals surface area contributed by atoms with Gasteiger partial charge in [0.1, 0.15) is 11.9 Å². The lowest BCUT2D eigenvalue weighted by Gasteiger charge is -2.52. The van der Waals surface area contributed by atoms with Crippen LogP contribution in [0.15, 0.2) is 0 Å². The van der Waals surface area contributed by atoms with E-state index < -0.39 is 0 Å². The van der Waals surface area contributed by atoms with Crippen molar-refractivity contribution in [2.45, 2.75) is 78.2 Å². The molecule has 4 nitrogen and oxygen atoms in total.